The van der Waals surface area contributed by atoms with Crippen molar-refractivity contribution in [2.45, 2.75) is 25.8 Å². The summed E-state index contributed by atoms with van der Waals surface area (Å²) in [4.78, 5) is 9.18. The maximum absolute atomic E-state index is 6.21. The lowest BCUT2D eigenvalue weighted by atomic mass is 9.99. The van der Waals surface area contributed by atoms with E-state index in [2.05, 4.69) is 28.6 Å². The molecule has 1 aliphatic rings. The van der Waals surface area contributed by atoms with Crippen molar-refractivity contribution in [1.82, 2.24) is 9.88 Å². The molecule has 0 aliphatic carbocycles. The van der Waals surface area contributed by atoms with Crippen LogP contribution in [0.25, 0.3) is 0 Å². The molecule has 1 atom stereocenters. The van der Waals surface area contributed by atoms with Crippen molar-refractivity contribution in [3.8, 4) is 0 Å². The fourth-order valence-electron chi connectivity index (χ4n) is 2.09. The fourth-order valence-corrected chi connectivity index (χ4v) is 2.79. The Morgan fingerprint density at radius 1 is 1.41 bits per heavy atom. The number of nitrogens with zero attached hydrogens (tertiary/aromatic N) is 3. The Morgan fingerprint density at radius 2 is 2.12 bits per heavy atom. The standard InChI is InChI=1S/C12H22N4S/c1-3-12(2,13)10-15-5-7-16(8-6-15)11-14-4-9-17-11/h4,9H,3,5-8,10,13H2,1-2H3. The summed E-state index contributed by atoms with van der Waals surface area (Å²) in [6.45, 7) is 9.60. The van der Waals surface area contributed by atoms with Crippen LogP contribution in [0, 0.1) is 0 Å². The Bertz CT molecular complexity index is 328. The van der Waals surface area contributed by atoms with Gasteiger partial charge in [-0.15, -0.1) is 11.3 Å². The van der Waals surface area contributed by atoms with E-state index < -0.39 is 0 Å². The maximum Gasteiger partial charge on any atom is 0.185 e. The molecular weight excluding hydrogens is 232 g/mol. The number of hydrogen-bond acceptors (Lipinski definition) is 5. The third kappa shape index (κ3) is 3.40. The molecule has 4 nitrogen and oxygen atoms in total. The highest BCUT2D eigenvalue weighted by molar-refractivity contribution is 7.13. The van der Waals surface area contributed by atoms with Gasteiger partial charge in [-0.2, -0.15) is 0 Å². The van der Waals surface area contributed by atoms with E-state index in [1.165, 1.54) is 0 Å². The molecule has 1 aromatic heterocycles. The summed E-state index contributed by atoms with van der Waals surface area (Å²) in [6.07, 6.45) is 2.90. The van der Waals surface area contributed by atoms with Crippen molar-refractivity contribution in [2.24, 2.45) is 5.73 Å². The Kier molecular flexibility index (Phi) is 4.01. The van der Waals surface area contributed by atoms with Crippen molar-refractivity contribution >= 4 is 16.5 Å². The highest BCUT2D eigenvalue weighted by Gasteiger charge is 2.24. The summed E-state index contributed by atoms with van der Waals surface area (Å²) in [6, 6.07) is 0. The van der Waals surface area contributed by atoms with Gasteiger partial charge in [0.05, 0.1) is 0 Å². The lowest BCUT2D eigenvalue weighted by Crippen LogP contribution is -2.54. The van der Waals surface area contributed by atoms with E-state index in [1.54, 1.807) is 11.3 Å². The molecule has 1 aromatic rings. The number of hydrogen-bond donors (Lipinski definition) is 1. The summed E-state index contributed by atoms with van der Waals surface area (Å²) in [5, 5.41) is 3.19. The molecule has 0 spiro atoms. The minimum Gasteiger partial charge on any atom is -0.346 e. The predicted molar refractivity (Wildman–Crippen MR) is 73.7 cm³/mol. The lowest BCUT2D eigenvalue weighted by molar-refractivity contribution is 0.203. The summed E-state index contributed by atoms with van der Waals surface area (Å²) in [5.74, 6) is 0. The molecular formula is C12H22N4S. The van der Waals surface area contributed by atoms with Crippen molar-refractivity contribution in [1.29, 1.82) is 0 Å². The monoisotopic (exact) mass is 254 g/mol. The zero-order valence-electron chi connectivity index (χ0n) is 10.7. The highest BCUT2D eigenvalue weighted by Crippen LogP contribution is 2.19. The van der Waals surface area contributed by atoms with Crippen LogP contribution in [0.1, 0.15) is 20.3 Å². The van der Waals surface area contributed by atoms with Crippen LogP contribution < -0.4 is 10.6 Å². The van der Waals surface area contributed by atoms with Gasteiger partial charge in [-0.05, 0) is 13.3 Å². The molecule has 2 heterocycles. The van der Waals surface area contributed by atoms with E-state index in [-0.39, 0.29) is 5.54 Å². The first-order valence-electron chi connectivity index (χ1n) is 6.26. The van der Waals surface area contributed by atoms with Crippen LogP contribution in [0.5, 0.6) is 0 Å². The first kappa shape index (κ1) is 12.8. The van der Waals surface area contributed by atoms with Gasteiger partial charge in [0.25, 0.3) is 0 Å². The van der Waals surface area contributed by atoms with Gasteiger partial charge in [0.15, 0.2) is 5.13 Å². The Hall–Kier alpha value is -0.650. The molecule has 0 saturated carbocycles. The van der Waals surface area contributed by atoms with E-state index in [0.717, 1.165) is 44.3 Å². The van der Waals surface area contributed by atoms with Crippen LogP contribution in [0.15, 0.2) is 11.6 Å². The molecule has 2 N–H and O–H groups in total. The number of rotatable bonds is 4. The minimum absolute atomic E-state index is 0.0522. The second-order valence-electron chi connectivity index (χ2n) is 5.09. The normalized spacial score (nSPS) is 21.5. The van der Waals surface area contributed by atoms with Crippen molar-refractivity contribution in [2.75, 3.05) is 37.6 Å². The van der Waals surface area contributed by atoms with E-state index in [9.17, 15) is 0 Å². The summed E-state index contributed by atoms with van der Waals surface area (Å²) in [5.41, 5.74) is 6.16. The SMILES string of the molecule is CCC(C)(N)CN1CCN(c2nccs2)CC1. The van der Waals surface area contributed by atoms with Crippen LogP contribution in [-0.2, 0) is 0 Å². The van der Waals surface area contributed by atoms with Crippen LogP contribution in [-0.4, -0.2) is 48.1 Å². The largest absolute Gasteiger partial charge is 0.346 e. The fraction of sp³-hybridized carbons (Fsp3) is 0.750. The van der Waals surface area contributed by atoms with Gasteiger partial charge in [0.1, 0.15) is 0 Å². The third-order valence-corrected chi connectivity index (χ3v) is 4.29. The van der Waals surface area contributed by atoms with Crippen LogP contribution in [0.4, 0.5) is 5.13 Å². The zero-order valence-corrected chi connectivity index (χ0v) is 11.5. The van der Waals surface area contributed by atoms with E-state index in [0.29, 0.717) is 0 Å². The first-order valence-corrected chi connectivity index (χ1v) is 7.14. The summed E-state index contributed by atoms with van der Waals surface area (Å²) >= 11 is 1.72. The third-order valence-electron chi connectivity index (χ3n) is 3.45. The summed E-state index contributed by atoms with van der Waals surface area (Å²) < 4.78 is 0. The topological polar surface area (TPSA) is 45.4 Å². The lowest BCUT2D eigenvalue weighted by Gasteiger charge is -2.38. The average Bonchev–Trinajstić information content (AvgIpc) is 2.83. The van der Waals surface area contributed by atoms with Gasteiger partial charge in [-0.3, -0.25) is 4.90 Å². The minimum atomic E-state index is -0.0522. The van der Waals surface area contributed by atoms with Crippen LogP contribution >= 0.6 is 11.3 Å². The average molecular weight is 254 g/mol. The molecule has 1 aliphatic heterocycles. The van der Waals surface area contributed by atoms with Gasteiger partial charge in [0.2, 0.25) is 0 Å². The Labute approximate surface area is 107 Å². The first-order chi connectivity index (χ1) is 8.11. The van der Waals surface area contributed by atoms with E-state index >= 15 is 0 Å². The molecule has 0 radical (unpaired) electrons. The van der Waals surface area contributed by atoms with Gasteiger partial charge in [0, 0.05) is 49.8 Å². The van der Waals surface area contributed by atoms with E-state index in [1.807, 2.05) is 11.6 Å². The second kappa shape index (κ2) is 5.33. The maximum atomic E-state index is 6.21. The molecule has 1 unspecified atom stereocenters. The molecule has 5 heteroatoms. The van der Waals surface area contributed by atoms with Crippen molar-refractivity contribution in [3.05, 3.63) is 11.6 Å². The number of piperazine rings is 1. The zero-order chi connectivity index (χ0) is 12.3. The molecule has 96 valence electrons. The second-order valence-corrected chi connectivity index (χ2v) is 5.96. The summed E-state index contributed by atoms with van der Waals surface area (Å²) in [7, 11) is 0. The van der Waals surface area contributed by atoms with E-state index in [4.69, 9.17) is 5.73 Å². The molecule has 1 saturated heterocycles. The van der Waals surface area contributed by atoms with Crippen LogP contribution in [0.2, 0.25) is 0 Å². The highest BCUT2D eigenvalue weighted by atomic mass is 32.1. The van der Waals surface area contributed by atoms with Gasteiger partial charge in [-0.25, -0.2) is 4.98 Å². The predicted octanol–water partition coefficient (Wildman–Crippen LogP) is 1.39. The van der Waals surface area contributed by atoms with Gasteiger partial charge in [-0.1, -0.05) is 6.92 Å². The Balaban J connectivity index is 1.82. The number of anilines is 1. The number of aromatic nitrogens is 1. The van der Waals surface area contributed by atoms with Gasteiger partial charge < -0.3 is 10.6 Å². The number of nitrogens with two attached hydrogens (primary N) is 1. The molecule has 2 rings (SSSR count). The quantitative estimate of drug-likeness (QED) is 0.882. The van der Waals surface area contributed by atoms with Crippen molar-refractivity contribution in [3.63, 3.8) is 0 Å². The molecule has 0 amide bonds. The van der Waals surface area contributed by atoms with Crippen molar-refractivity contribution < 1.29 is 0 Å². The smallest absolute Gasteiger partial charge is 0.185 e. The van der Waals surface area contributed by atoms with Gasteiger partial charge >= 0.3 is 0 Å². The molecule has 0 aromatic carbocycles. The van der Waals surface area contributed by atoms with Crippen LogP contribution in [0.3, 0.4) is 0 Å². The Morgan fingerprint density at radius 3 is 2.65 bits per heavy atom. The number of thiazole rings is 1. The molecule has 17 heavy (non-hydrogen) atoms. The molecule has 0 bridgehead atoms. The molecule has 1 fully saturated rings.